The Morgan fingerprint density at radius 2 is 1.96 bits per heavy atom. The van der Waals surface area contributed by atoms with Crippen molar-refractivity contribution in [2.24, 2.45) is 5.92 Å². The van der Waals surface area contributed by atoms with E-state index in [4.69, 9.17) is 4.74 Å². The lowest BCUT2D eigenvalue weighted by Crippen LogP contribution is -2.15. The van der Waals surface area contributed by atoms with Crippen molar-refractivity contribution in [2.75, 3.05) is 11.9 Å². The predicted molar refractivity (Wildman–Crippen MR) is 98.6 cm³/mol. The first kappa shape index (κ1) is 16.9. The summed E-state index contributed by atoms with van der Waals surface area (Å²) in [7, 11) is 0. The van der Waals surface area contributed by atoms with Crippen molar-refractivity contribution in [3.8, 4) is 5.88 Å². The molecule has 0 spiro atoms. The zero-order valence-electron chi connectivity index (χ0n) is 14.4. The quantitative estimate of drug-likeness (QED) is 0.743. The van der Waals surface area contributed by atoms with Gasteiger partial charge in [0, 0.05) is 17.6 Å². The Balaban J connectivity index is 1.64. The highest BCUT2D eigenvalue weighted by atomic mass is 16.5. The van der Waals surface area contributed by atoms with Crippen LogP contribution in [-0.2, 0) is 11.2 Å². The van der Waals surface area contributed by atoms with Crippen LogP contribution < -0.4 is 10.1 Å². The van der Waals surface area contributed by atoms with Gasteiger partial charge in [0.1, 0.15) is 0 Å². The Morgan fingerprint density at radius 1 is 1.12 bits per heavy atom. The average molecular weight is 335 g/mol. The standard InChI is InChI=1S/C20H21N3O2/c1-14(2)13-25-19-9-8-17(12-22-19)23-18(24)11-16-6-3-5-15-7-4-10-21-20(15)16/h3-10,12,14H,11,13H2,1-2H3,(H,23,24). The highest BCUT2D eigenvalue weighted by Crippen LogP contribution is 2.17. The van der Waals surface area contributed by atoms with E-state index in [1.807, 2.05) is 30.3 Å². The number of para-hydroxylation sites is 1. The molecule has 1 N–H and O–H groups in total. The van der Waals surface area contributed by atoms with Gasteiger partial charge in [-0.15, -0.1) is 0 Å². The summed E-state index contributed by atoms with van der Waals surface area (Å²) in [4.78, 5) is 20.9. The first-order chi connectivity index (χ1) is 12.1. The maximum atomic E-state index is 12.3. The van der Waals surface area contributed by atoms with Gasteiger partial charge in [0.2, 0.25) is 11.8 Å². The van der Waals surface area contributed by atoms with Crippen LogP contribution >= 0.6 is 0 Å². The zero-order chi connectivity index (χ0) is 17.6. The molecule has 128 valence electrons. The number of carbonyl (C=O) groups is 1. The number of hydrogen-bond donors (Lipinski definition) is 1. The summed E-state index contributed by atoms with van der Waals surface area (Å²) >= 11 is 0. The Morgan fingerprint density at radius 3 is 2.72 bits per heavy atom. The van der Waals surface area contributed by atoms with Crippen LogP contribution in [0.4, 0.5) is 5.69 Å². The fraction of sp³-hybridized carbons (Fsp3) is 0.250. The average Bonchev–Trinajstić information content (AvgIpc) is 2.61. The molecule has 0 aliphatic heterocycles. The van der Waals surface area contributed by atoms with Gasteiger partial charge >= 0.3 is 0 Å². The minimum absolute atomic E-state index is 0.101. The van der Waals surface area contributed by atoms with Gasteiger partial charge in [0.25, 0.3) is 0 Å². The Labute approximate surface area is 147 Å². The monoisotopic (exact) mass is 335 g/mol. The Hall–Kier alpha value is -2.95. The second-order valence-corrected chi connectivity index (χ2v) is 6.31. The number of fused-ring (bicyclic) bond motifs is 1. The van der Waals surface area contributed by atoms with E-state index >= 15 is 0 Å². The summed E-state index contributed by atoms with van der Waals surface area (Å²) in [5.74, 6) is 0.899. The normalized spacial score (nSPS) is 10.8. The van der Waals surface area contributed by atoms with E-state index in [2.05, 4.69) is 29.1 Å². The number of rotatable bonds is 6. The summed E-state index contributed by atoms with van der Waals surface area (Å²) in [6.07, 6.45) is 3.61. The molecule has 0 fully saturated rings. The summed E-state index contributed by atoms with van der Waals surface area (Å²) in [6.45, 7) is 4.78. The largest absolute Gasteiger partial charge is 0.477 e. The van der Waals surface area contributed by atoms with Crippen molar-refractivity contribution in [3.63, 3.8) is 0 Å². The molecule has 0 unspecified atom stereocenters. The molecule has 25 heavy (non-hydrogen) atoms. The number of aromatic nitrogens is 2. The maximum absolute atomic E-state index is 12.3. The number of amides is 1. The third-order valence-electron chi connectivity index (χ3n) is 3.65. The molecule has 3 aromatic rings. The minimum atomic E-state index is -0.101. The fourth-order valence-electron chi connectivity index (χ4n) is 2.48. The molecule has 5 heteroatoms. The fourth-order valence-corrected chi connectivity index (χ4v) is 2.48. The molecular formula is C20H21N3O2. The molecule has 3 rings (SSSR count). The number of hydrogen-bond acceptors (Lipinski definition) is 4. The van der Waals surface area contributed by atoms with Crippen molar-refractivity contribution in [2.45, 2.75) is 20.3 Å². The number of pyridine rings is 2. The van der Waals surface area contributed by atoms with Crippen LogP contribution in [0.1, 0.15) is 19.4 Å². The van der Waals surface area contributed by atoms with E-state index in [9.17, 15) is 4.79 Å². The third-order valence-corrected chi connectivity index (χ3v) is 3.65. The predicted octanol–water partition coefficient (Wildman–Crippen LogP) is 3.85. The van der Waals surface area contributed by atoms with Gasteiger partial charge in [-0.2, -0.15) is 0 Å². The lowest BCUT2D eigenvalue weighted by molar-refractivity contribution is -0.115. The third kappa shape index (κ3) is 4.53. The second-order valence-electron chi connectivity index (χ2n) is 6.31. The van der Waals surface area contributed by atoms with Crippen molar-refractivity contribution >= 4 is 22.5 Å². The smallest absolute Gasteiger partial charge is 0.228 e. The van der Waals surface area contributed by atoms with Crippen LogP contribution in [0.5, 0.6) is 5.88 Å². The van der Waals surface area contributed by atoms with Crippen molar-refractivity contribution in [1.29, 1.82) is 0 Å². The van der Waals surface area contributed by atoms with Crippen molar-refractivity contribution in [3.05, 3.63) is 60.4 Å². The summed E-state index contributed by atoms with van der Waals surface area (Å²) in [5, 5.41) is 3.89. The molecule has 0 saturated carbocycles. The van der Waals surface area contributed by atoms with Gasteiger partial charge in [0.05, 0.1) is 30.4 Å². The lowest BCUT2D eigenvalue weighted by Gasteiger charge is -2.09. The summed E-state index contributed by atoms with van der Waals surface area (Å²) < 4.78 is 5.54. The SMILES string of the molecule is CC(C)COc1ccc(NC(=O)Cc2cccc3cccnc23)cn1. The van der Waals surface area contributed by atoms with E-state index in [1.54, 1.807) is 24.5 Å². The maximum Gasteiger partial charge on any atom is 0.228 e. The zero-order valence-corrected chi connectivity index (χ0v) is 14.4. The molecule has 1 aromatic carbocycles. The van der Waals surface area contributed by atoms with Gasteiger partial charge in [-0.25, -0.2) is 4.98 Å². The molecule has 0 aliphatic carbocycles. The van der Waals surface area contributed by atoms with Crippen LogP contribution in [0.2, 0.25) is 0 Å². The summed E-state index contributed by atoms with van der Waals surface area (Å²) in [5.41, 5.74) is 2.41. The van der Waals surface area contributed by atoms with E-state index in [1.165, 1.54) is 0 Å². The Bertz CT molecular complexity index is 855. The number of benzene rings is 1. The van der Waals surface area contributed by atoms with Crippen LogP contribution in [0.15, 0.2) is 54.9 Å². The molecule has 0 bridgehead atoms. The number of carbonyl (C=O) groups excluding carboxylic acids is 1. The van der Waals surface area contributed by atoms with Gasteiger partial charge in [-0.05, 0) is 23.6 Å². The molecule has 0 saturated heterocycles. The molecule has 0 aliphatic rings. The molecule has 5 nitrogen and oxygen atoms in total. The number of nitrogens with one attached hydrogen (secondary N) is 1. The van der Waals surface area contributed by atoms with Crippen molar-refractivity contribution < 1.29 is 9.53 Å². The summed E-state index contributed by atoms with van der Waals surface area (Å²) in [6, 6.07) is 13.3. The second kappa shape index (κ2) is 7.75. The van der Waals surface area contributed by atoms with Gasteiger partial charge in [0.15, 0.2) is 0 Å². The first-order valence-corrected chi connectivity index (χ1v) is 8.33. The number of nitrogens with zero attached hydrogens (tertiary/aromatic N) is 2. The van der Waals surface area contributed by atoms with Crippen LogP contribution in [0.25, 0.3) is 10.9 Å². The molecule has 1 amide bonds. The van der Waals surface area contributed by atoms with Crippen molar-refractivity contribution in [1.82, 2.24) is 9.97 Å². The van der Waals surface area contributed by atoms with E-state index in [0.29, 0.717) is 24.1 Å². The molecular weight excluding hydrogens is 314 g/mol. The molecule has 2 aromatic heterocycles. The molecule has 2 heterocycles. The number of anilines is 1. The topological polar surface area (TPSA) is 64.1 Å². The Kier molecular flexibility index (Phi) is 5.23. The van der Waals surface area contributed by atoms with Crippen LogP contribution in [0, 0.1) is 5.92 Å². The van der Waals surface area contributed by atoms with Gasteiger partial charge in [-0.1, -0.05) is 38.1 Å². The van der Waals surface area contributed by atoms with Gasteiger partial charge < -0.3 is 10.1 Å². The van der Waals surface area contributed by atoms with E-state index in [-0.39, 0.29) is 12.3 Å². The van der Waals surface area contributed by atoms with Crippen LogP contribution in [-0.4, -0.2) is 22.5 Å². The van der Waals surface area contributed by atoms with E-state index < -0.39 is 0 Å². The first-order valence-electron chi connectivity index (χ1n) is 8.33. The highest BCUT2D eigenvalue weighted by Gasteiger charge is 2.09. The minimum Gasteiger partial charge on any atom is -0.477 e. The van der Waals surface area contributed by atoms with Gasteiger partial charge in [-0.3, -0.25) is 9.78 Å². The molecule has 0 atom stereocenters. The van der Waals surface area contributed by atoms with Crippen LogP contribution in [0.3, 0.4) is 0 Å². The lowest BCUT2D eigenvalue weighted by atomic mass is 10.1. The van der Waals surface area contributed by atoms with E-state index in [0.717, 1.165) is 16.5 Å². The number of ether oxygens (including phenoxy) is 1. The molecule has 0 radical (unpaired) electrons. The highest BCUT2D eigenvalue weighted by molar-refractivity contribution is 5.95.